The Kier molecular flexibility index (Phi) is 3.55. The number of H-pyrrole nitrogens is 1. The molecule has 1 aliphatic rings. The average Bonchev–Trinajstić information content (AvgIpc) is 2.89. The molecule has 2 heterocycles. The lowest BCUT2D eigenvalue weighted by Gasteiger charge is -2.38. The first-order valence-corrected chi connectivity index (χ1v) is 7.26. The maximum Gasteiger partial charge on any atom is 0.275 e. The number of ether oxygens (including phenoxy) is 1. The van der Waals surface area contributed by atoms with E-state index >= 15 is 0 Å². The van der Waals surface area contributed by atoms with Gasteiger partial charge >= 0.3 is 0 Å². The highest BCUT2D eigenvalue weighted by Crippen LogP contribution is 2.23. The maximum absolute atomic E-state index is 12.8. The number of rotatable bonds is 2. The highest BCUT2D eigenvalue weighted by molar-refractivity contribution is 6.05. The number of anilines is 1. The Morgan fingerprint density at radius 3 is 3.14 bits per heavy atom. The van der Waals surface area contributed by atoms with Gasteiger partial charge in [0.05, 0.1) is 24.3 Å². The molecule has 0 radical (unpaired) electrons. The number of nitrogen functional groups attached to an aromatic ring is 1. The van der Waals surface area contributed by atoms with Crippen LogP contribution in [-0.4, -0.2) is 46.3 Å². The second-order valence-corrected chi connectivity index (χ2v) is 5.54. The van der Waals surface area contributed by atoms with Gasteiger partial charge in [0.1, 0.15) is 0 Å². The maximum atomic E-state index is 12.8. The van der Waals surface area contributed by atoms with E-state index in [-0.39, 0.29) is 18.1 Å². The summed E-state index contributed by atoms with van der Waals surface area (Å²) in [6.07, 6.45) is 0.912. The van der Waals surface area contributed by atoms with Crippen LogP contribution in [0.15, 0.2) is 18.2 Å². The van der Waals surface area contributed by atoms with Crippen LogP contribution in [0.5, 0.6) is 0 Å². The zero-order chi connectivity index (χ0) is 15.0. The summed E-state index contributed by atoms with van der Waals surface area (Å²) in [6, 6.07) is 5.52. The van der Waals surface area contributed by atoms with Crippen molar-refractivity contribution in [2.24, 2.45) is 0 Å². The van der Waals surface area contributed by atoms with Crippen molar-refractivity contribution in [3.8, 4) is 0 Å². The summed E-state index contributed by atoms with van der Waals surface area (Å²) in [6.45, 7) is 5.21. The summed E-state index contributed by atoms with van der Waals surface area (Å²) >= 11 is 0. The van der Waals surface area contributed by atoms with Crippen molar-refractivity contribution in [1.82, 2.24) is 15.1 Å². The Labute approximate surface area is 123 Å². The van der Waals surface area contributed by atoms with Crippen molar-refractivity contribution in [3.63, 3.8) is 0 Å². The van der Waals surface area contributed by atoms with E-state index in [0.717, 1.165) is 17.3 Å². The summed E-state index contributed by atoms with van der Waals surface area (Å²) in [4.78, 5) is 14.7. The molecule has 1 aromatic heterocycles. The summed E-state index contributed by atoms with van der Waals surface area (Å²) in [5.74, 6) is -0.0612. The third-order valence-electron chi connectivity index (χ3n) is 3.99. The number of benzene rings is 1. The van der Waals surface area contributed by atoms with E-state index in [1.54, 1.807) is 12.1 Å². The van der Waals surface area contributed by atoms with Gasteiger partial charge in [0.15, 0.2) is 5.69 Å². The predicted molar refractivity (Wildman–Crippen MR) is 81.0 cm³/mol. The van der Waals surface area contributed by atoms with Crippen LogP contribution in [0, 0.1) is 0 Å². The molecule has 2 aromatic rings. The number of carbonyl (C=O) groups is 1. The van der Waals surface area contributed by atoms with Gasteiger partial charge in [-0.2, -0.15) is 5.10 Å². The van der Waals surface area contributed by atoms with Crippen LogP contribution in [0.3, 0.4) is 0 Å². The Bertz CT molecular complexity index is 667. The minimum atomic E-state index is -0.0612. The number of aromatic amines is 1. The summed E-state index contributed by atoms with van der Waals surface area (Å²) in [5, 5.41) is 7.86. The number of aromatic nitrogens is 2. The molecule has 6 heteroatoms. The monoisotopic (exact) mass is 288 g/mol. The molecule has 1 aromatic carbocycles. The average molecular weight is 288 g/mol. The Hall–Kier alpha value is -2.08. The topological polar surface area (TPSA) is 84.2 Å². The SMILES string of the molecule is CCC1COC(C)CN1C(=O)c1n[nH]c2ccc(N)cc12. The Morgan fingerprint density at radius 1 is 1.57 bits per heavy atom. The van der Waals surface area contributed by atoms with Crippen molar-refractivity contribution in [2.75, 3.05) is 18.9 Å². The van der Waals surface area contributed by atoms with Gasteiger partial charge in [-0.05, 0) is 31.5 Å². The second-order valence-electron chi connectivity index (χ2n) is 5.54. The number of nitrogens with zero attached hydrogens (tertiary/aromatic N) is 2. The molecule has 1 aliphatic heterocycles. The van der Waals surface area contributed by atoms with Gasteiger partial charge < -0.3 is 15.4 Å². The molecule has 2 atom stereocenters. The normalized spacial score (nSPS) is 22.7. The van der Waals surface area contributed by atoms with Crippen molar-refractivity contribution >= 4 is 22.5 Å². The van der Waals surface area contributed by atoms with E-state index in [0.29, 0.717) is 24.5 Å². The van der Waals surface area contributed by atoms with Gasteiger partial charge in [0, 0.05) is 17.6 Å². The summed E-state index contributed by atoms with van der Waals surface area (Å²) in [5.41, 5.74) is 7.70. The molecular weight excluding hydrogens is 268 g/mol. The largest absolute Gasteiger partial charge is 0.399 e. The van der Waals surface area contributed by atoms with E-state index in [1.807, 2.05) is 17.9 Å². The van der Waals surface area contributed by atoms with Crippen molar-refractivity contribution in [1.29, 1.82) is 0 Å². The number of hydrogen-bond donors (Lipinski definition) is 2. The zero-order valence-electron chi connectivity index (χ0n) is 12.3. The van der Waals surface area contributed by atoms with Crippen LogP contribution >= 0.6 is 0 Å². The van der Waals surface area contributed by atoms with Crippen molar-refractivity contribution < 1.29 is 9.53 Å². The highest BCUT2D eigenvalue weighted by Gasteiger charge is 2.31. The number of nitrogens with two attached hydrogens (primary N) is 1. The molecule has 1 fully saturated rings. The number of carbonyl (C=O) groups excluding carboxylic acids is 1. The Balaban J connectivity index is 1.97. The van der Waals surface area contributed by atoms with E-state index in [9.17, 15) is 4.79 Å². The molecule has 112 valence electrons. The fraction of sp³-hybridized carbons (Fsp3) is 0.467. The Morgan fingerprint density at radius 2 is 2.38 bits per heavy atom. The van der Waals surface area contributed by atoms with Crippen molar-refractivity contribution in [3.05, 3.63) is 23.9 Å². The fourth-order valence-electron chi connectivity index (χ4n) is 2.76. The van der Waals surface area contributed by atoms with E-state index in [2.05, 4.69) is 17.1 Å². The first-order chi connectivity index (χ1) is 10.1. The van der Waals surface area contributed by atoms with Gasteiger partial charge in [-0.1, -0.05) is 6.92 Å². The van der Waals surface area contributed by atoms with Gasteiger partial charge in [-0.3, -0.25) is 9.89 Å². The van der Waals surface area contributed by atoms with Gasteiger partial charge in [0.25, 0.3) is 5.91 Å². The lowest BCUT2D eigenvalue weighted by molar-refractivity contribution is -0.0445. The molecular formula is C15H20N4O2. The van der Waals surface area contributed by atoms with E-state index in [1.165, 1.54) is 0 Å². The molecule has 1 saturated heterocycles. The second kappa shape index (κ2) is 5.37. The molecule has 1 amide bonds. The standard InChI is InChI=1S/C15H20N4O2/c1-3-11-8-21-9(2)7-19(11)15(20)14-12-6-10(16)4-5-13(12)17-18-14/h4-6,9,11H,3,7-8,16H2,1-2H3,(H,17,18). The first kappa shape index (κ1) is 13.9. The van der Waals surface area contributed by atoms with Crippen LogP contribution in [0.25, 0.3) is 10.9 Å². The predicted octanol–water partition coefficient (Wildman–Crippen LogP) is 1.78. The third kappa shape index (κ3) is 2.47. The molecule has 3 rings (SSSR count). The van der Waals surface area contributed by atoms with E-state index in [4.69, 9.17) is 10.5 Å². The molecule has 3 N–H and O–H groups in total. The van der Waals surface area contributed by atoms with Crippen LogP contribution in [0.4, 0.5) is 5.69 Å². The number of nitrogens with one attached hydrogen (secondary N) is 1. The fourth-order valence-corrected chi connectivity index (χ4v) is 2.76. The zero-order valence-corrected chi connectivity index (χ0v) is 12.3. The van der Waals surface area contributed by atoms with Crippen LogP contribution in [-0.2, 0) is 4.74 Å². The van der Waals surface area contributed by atoms with Crippen LogP contribution in [0.1, 0.15) is 30.8 Å². The van der Waals surface area contributed by atoms with Crippen LogP contribution in [0.2, 0.25) is 0 Å². The van der Waals surface area contributed by atoms with Gasteiger partial charge in [0.2, 0.25) is 0 Å². The first-order valence-electron chi connectivity index (χ1n) is 7.26. The van der Waals surface area contributed by atoms with Crippen molar-refractivity contribution in [2.45, 2.75) is 32.4 Å². The van der Waals surface area contributed by atoms with Crippen LogP contribution < -0.4 is 5.73 Å². The molecule has 0 aliphatic carbocycles. The number of fused-ring (bicyclic) bond motifs is 1. The third-order valence-corrected chi connectivity index (χ3v) is 3.99. The minimum Gasteiger partial charge on any atom is -0.399 e. The lowest BCUT2D eigenvalue weighted by atomic mass is 10.1. The molecule has 0 saturated carbocycles. The van der Waals surface area contributed by atoms with Gasteiger partial charge in [-0.15, -0.1) is 0 Å². The molecule has 2 unspecified atom stereocenters. The lowest BCUT2D eigenvalue weighted by Crippen LogP contribution is -2.51. The van der Waals surface area contributed by atoms with E-state index < -0.39 is 0 Å². The molecule has 6 nitrogen and oxygen atoms in total. The quantitative estimate of drug-likeness (QED) is 0.825. The molecule has 21 heavy (non-hydrogen) atoms. The smallest absolute Gasteiger partial charge is 0.275 e. The summed E-state index contributed by atoms with van der Waals surface area (Å²) in [7, 11) is 0. The summed E-state index contributed by atoms with van der Waals surface area (Å²) < 4.78 is 5.64. The molecule has 0 spiro atoms. The molecule has 0 bridgehead atoms. The number of hydrogen-bond acceptors (Lipinski definition) is 4. The van der Waals surface area contributed by atoms with Gasteiger partial charge in [-0.25, -0.2) is 0 Å². The number of amides is 1. The highest BCUT2D eigenvalue weighted by atomic mass is 16.5. The minimum absolute atomic E-state index is 0.0482. The number of morpholine rings is 1.